The molecule has 1 N–H and O–H groups in total. The third-order valence-corrected chi connectivity index (χ3v) is 2.01. The predicted octanol–water partition coefficient (Wildman–Crippen LogP) is 4.24. The molecule has 17 heavy (non-hydrogen) atoms. The fraction of sp³-hybridized carbons (Fsp3) is 0.583. The molecule has 0 aliphatic heterocycles. The van der Waals surface area contributed by atoms with Crippen molar-refractivity contribution in [3.05, 3.63) is 23.3 Å². The monoisotopic (exact) mass is 249 g/mol. The van der Waals surface area contributed by atoms with E-state index in [2.05, 4.69) is 10.8 Å². The molecule has 0 radical (unpaired) electrons. The molecule has 0 atom stereocenters. The van der Waals surface area contributed by atoms with E-state index >= 15 is 0 Å². The van der Waals surface area contributed by atoms with Crippen molar-refractivity contribution in [2.75, 3.05) is 6.61 Å². The number of halogens is 3. The number of nitrogens with one attached hydrogen (secondary N) is 1. The molecule has 0 aromatic rings. The Hall–Kier alpha value is -1.26. The average molecular weight is 249 g/mol. The Morgan fingerprint density at radius 1 is 1.18 bits per heavy atom. The molecule has 0 rings (SSSR count). The molecule has 0 bridgehead atoms. The van der Waals surface area contributed by atoms with E-state index in [4.69, 9.17) is 5.41 Å². The van der Waals surface area contributed by atoms with Gasteiger partial charge in [0.05, 0.1) is 0 Å². The van der Waals surface area contributed by atoms with Gasteiger partial charge in [0.25, 0.3) is 5.90 Å². The average Bonchev–Trinajstić information content (AvgIpc) is 2.15. The minimum atomic E-state index is -4.69. The molecular formula is C12H18F3NO. The molecule has 0 saturated heterocycles. The van der Waals surface area contributed by atoms with E-state index in [1.807, 2.05) is 20.8 Å². The van der Waals surface area contributed by atoms with E-state index in [0.29, 0.717) is 0 Å². The van der Waals surface area contributed by atoms with Gasteiger partial charge in [0.1, 0.15) is 6.61 Å². The summed E-state index contributed by atoms with van der Waals surface area (Å²) in [5.41, 5.74) is 2.17. The summed E-state index contributed by atoms with van der Waals surface area (Å²) in [5.74, 6) is -1.65. The van der Waals surface area contributed by atoms with E-state index in [9.17, 15) is 13.2 Å². The summed E-state index contributed by atoms with van der Waals surface area (Å²) in [6, 6.07) is 0. The highest BCUT2D eigenvalue weighted by molar-refractivity contribution is 5.78. The van der Waals surface area contributed by atoms with Crippen LogP contribution in [0.25, 0.3) is 0 Å². The Morgan fingerprint density at radius 2 is 1.76 bits per heavy atom. The van der Waals surface area contributed by atoms with E-state index < -0.39 is 12.1 Å². The Balaban J connectivity index is 3.93. The maximum atomic E-state index is 11.9. The molecule has 0 saturated carbocycles. The number of alkyl halides is 3. The first kappa shape index (κ1) is 15.7. The van der Waals surface area contributed by atoms with Gasteiger partial charge in [0.15, 0.2) is 0 Å². The largest absolute Gasteiger partial charge is 0.470 e. The summed E-state index contributed by atoms with van der Waals surface area (Å²) in [5, 5.41) is 6.59. The number of allylic oxidation sites excluding steroid dienone is 3. The standard InChI is InChI=1S/C12H18F3NO/c1-9(2)5-4-6-10(3)7-8-17-11(16)12(13,14)15/h5,7,16H,4,6,8H2,1-3H3/b10-7+,16-11?. The highest BCUT2D eigenvalue weighted by Gasteiger charge is 2.36. The van der Waals surface area contributed by atoms with Gasteiger partial charge in [-0.1, -0.05) is 17.2 Å². The molecule has 0 heterocycles. The molecule has 0 unspecified atom stereocenters. The van der Waals surface area contributed by atoms with Crippen LogP contribution in [0, 0.1) is 5.41 Å². The molecule has 0 aromatic heterocycles. The van der Waals surface area contributed by atoms with Gasteiger partial charge >= 0.3 is 6.18 Å². The second-order valence-electron chi connectivity index (χ2n) is 4.01. The van der Waals surface area contributed by atoms with Gasteiger partial charge in [0, 0.05) is 0 Å². The number of hydrogen-bond acceptors (Lipinski definition) is 2. The Bertz CT molecular complexity index is 312. The van der Waals surface area contributed by atoms with Gasteiger partial charge in [-0.25, -0.2) is 0 Å². The van der Waals surface area contributed by atoms with Crippen molar-refractivity contribution in [2.45, 2.75) is 39.8 Å². The molecule has 5 heteroatoms. The fourth-order valence-electron chi connectivity index (χ4n) is 1.04. The third kappa shape index (κ3) is 8.54. The van der Waals surface area contributed by atoms with Gasteiger partial charge in [-0.2, -0.15) is 13.2 Å². The lowest BCUT2D eigenvalue weighted by atomic mass is 10.1. The zero-order chi connectivity index (χ0) is 13.5. The van der Waals surface area contributed by atoms with Gasteiger partial charge in [-0.05, 0) is 39.7 Å². The van der Waals surface area contributed by atoms with E-state index in [-0.39, 0.29) is 6.61 Å². The first-order valence-electron chi connectivity index (χ1n) is 5.31. The van der Waals surface area contributed by atoms with Crippen molar-refractivity contribution in [3.8, 4) is 0 Å². The summed E-state index contributed by atoms with van der Waals surface area (Å²) in [4.78, 5) is 0. The summed E-state index contributed by atoms with van der Waals surface area (Å²) < 4.78 is 39.9. The lowest BCUT2D eigenvalue weighted by molar-refractivity contribution is -0.0782. The van der Waals surface area contributed by atoms with Crippen molar-refractivity contribution in [2.24, 2.45) is 0 Å². The number of ether oxygens (including phenoxy) is 1. The molecule has 0 aliphatic carbocycles. The Morgan fingerprint density at radius 3 is 2.24 bits per heavy atom. The van der Waals surface area contributed by atoms with Gasteiger partial charge in [-0.3, -0.25) is 5.41 Å². The van der Waals surface area contributed by atoms with Crippen molar-refractivity contribution < 1.29 is 17.9 Å². The second kappa shape index (κ2) is 7.14. The van der Waals surface area contributed by atoms with Crippen LogP contribution in [0.4, 0.5) is 13.2 Å². The van der Waals surface area contributed by atoms with Crippen LogP contribution in [0.3, 0.4) is 0 Å². The van der Waals surface area contributed by atoms with Crippen molar-refractivity contribution in [1.29, 1.82) is 5.41 Å². The molecule has 0 spiro atoms. The zero-order valence-corrected chi connectivity index (χ0v) is 10.3. The summed E-state index contributed by atoms with van der Waals surface area (Å²) in [6.45, 7) is 5.61. The van der Waals surface area contributed by atoms with Crippen LogP contribution in [-0.4, -0.2) is 18.7 Å². The molecule has 0 amide bonds. The van der Waals surface area contributed by atoms with Crippen LogP contribution in [0.2, 0.25) is 0 Å². The molecule has 0 aromatic carbocycles. The van der Waals surface area contributed by atoms with Crippen molar-refractivity contribution in [3.63, 3.8) is 0 Å². The molecule has 2 nitrogen and oxygen atoms in total. The van der Waals surface area contributed by atoms with Crippen molar-refractivity contribution >= 4 is 5.90 Å². The fourth-order valence-corrected chi connectivity index (χ4v) is 1.04. The van der Waals surface area contributed by atoms with E-state index in [1.165, 1.54) is 5.57 Å². The summed E-state index contributed by atoms with van der Waals surface area (Å²) >= 11 is 0. The van der Waals surface area contributed by atoms with Crippen molar-refractivity contribution in [1.82, 2.24) is 0 Å². The van der Waals surface area contributed by atoms with Gasteiger partial charge in [0.2, 0.25) is 0 Å². The Labute approximate surface area is 99.7 Å². The first-order valence-corrected chi connectivity index (χ1v) is 5.31. The summed E-state index contributed by atoms with van der Waals surface area (Å²) in [6.07, 6.45) is 0.591. The van der Waals surface area contributed by atoms with E-state index in [0.717, 1.165) is 18.4 Å². The summed E-state index contributed by atoms with van der Waals surface area (Å²) in [7, 11) is 0. The lowest BCUT2D eigenvalue weighted by Crippen LogP contribution is -2.24. The van der Waals surface area contributed by atoms with Crippen LogP contribution < -0.4 is 0 Å². The van der Waals surface area contributed by atoms with Crippen LogP contribution in [-0.2, 0) is 4.74 Å². The van der Waals surface area contributed by atoms with Gasteiger partial charge < -0.3 is 4.74 Å². The predicted molar refractivity (Wildman–Crippen MR) is 62.2 cm³/mol. The Kier molecular flexibility index (Phi) is 6.61. The molecular weight excluding hydrogens is 231 g/mol. The second-order valence-corrected chi connectivity index (χ2v) is 4.01. The smallest absolute Gasteiger partial charge is 0.467 e. The quantitative estimate of drug-likeness (QED) is 0.441. The number of hydrogen-bond donors (Lipinski definition) is 1. The normalized spacial score (nSPS) is 12.2. The maximum Gasteiger partial charge on any atom is 0.467 e. The molecule has 0 aliphatic rings. The lowest BCUT2D eigenvalue weighted by Gasteiger charge is -2.08. The van der Waals surface area contributed by atoms with Crippen LogP contribution in [0.5, 0.6) is 0 Å². The maximum absolute atomic E-state index is 11.9. The van der Waals surface area contributed by atoms with Crippen LogP contribution >= 0.6 is 0 Å². The van der Waals surface area contributed by atoms with Gasteiger partial charge in [-0.15, -0.1) is 0 Å². The SMILES string of the molecule is CC(C)=CCC/C(C)=C/COC(=N)C(F)(F)F. The minimum Gasteiger partial charge on any atom is -0.470 e. The third-order valence-electron chi connectivity index (χ3n) is 2.01. The zero-order valence-electron chi connectivity index (χ0n) is 10.3. The highest BCUT2D eigenvalue weighted by atomic mass is 19.4. The first-order chi connectivity index (χ1) is 7.73. The van der Waals surface area contributed by atoms with Crippen LogP contribution in [0.15, 0.2) is 23.3 Å². The molecule has 0 fully saturated rings. The molecule has 98 valence electrons. The number of rotatable bonds is 5. The van der Waals surface area contributed by atoms with Crippen LogP contribution in [0.1, 0.15) is 33.6 Å². The minimum absolute atomic E-state index is 0.209. The topological polar surface area (TPSA) is 33.1 Å². The van der Waals surface area contributed by atoms with E-state index in [1.54, 1.807) is 6.08 Å². The highest BCUT2D eigenvalue weighted by Crippen LogP contribution is 2.16.